The van der Waals surface area contributed by atoms with E-state index >= 15 is 0 Å². The number of anilines is 1. The maximum atomic E-state index is 13.1. The number of allylic oxidation sites excluding steroid dienone is 1. The van der Waals surface area contributed by atoms with Gasteiger partial charge in [-0.3, -0.25) is 15.0 Å². The zero-order valence-corrected chi connectivity index (χ0v) is 19.8. The zero-order chi connectivity index (χ0) is 26.6. The monoisotopic (exact) mass is 494 g/mol. The second-order valence-corrected chi connectivity index (χ2v) is 7.29. The van der Waals surface area contributed by atoms with Crippen LogP contribution >= 0.6 is 0 Å². The Morgan fingerprint density at radius 2 is 1.61 bits per heavy atom. The first-order valence-electron chi connectivity index (χ1n) is 10.3. The van der Waals surface area contributed by atoms with Crippen LogP contribution < -0.4 is 20.1 Å². The van der Waals surface area contributed by atoms with E-state index in [-0.39, 0.29) is 34.2 Å². The van der Waals surface area contributed by atoms with E-state index in [1.54, 1.807) is 30.3 Å². The minimum Gasteiger partial charge on any atom is -0.493 e. The van der Waals surface area contributed by atoms with Gasteiger partial charge < -0.3 is 24.7 Å². The van der Waals surface area contributed by atoms with Crippen molar-refractivity contribution in [1.29, 1.82) is 5.26 Å². The molecule has 12 heteroatoms. The molecule has 0 aromatic heterocycles. The first-order chi connectivity index (χ1) is 17.2. The number of methoxy groups -OCH3 is 4. The van der Waals surface area contributed by atoms with E-state index in [9.17, 15) is 25.0 Å². The molecule has 0 amide bonds. The molecule has 1 unspecified atom stereocenters. The number of hydrogen-bond acceptors (Lipinski definition) is 11. The van der Waals surface area contributed by atoms with Gasteiger partial charge in [-0.05, 0) is 5.56 Å². The normalized spacial score (nSPS) is 15.2. The fourth-order valence-corrected chi connectivity index (χ4v) is 3.95. The van der Waals surface area contributed by atoms with Crippen molar-refractivity contribution < 1.29 is 33.5 Å². The highest BCUT2D eigenvalue weighted by molar-refractivity contribution is 6.07. The van der Waals surface area contributed by atoms with Crippen LogP contribution in [0, 0.1) is 21.4 Å². The lowest BCUT2D eigenvalue weighted by molar-refractivity contribution is -0.384. The first kappa shape index (κ1) is 25.6. The van der Waals surface area contributed by atoms with Crippen LogP contribution in [0.4, 0.5) is 11.4 Å². The van der Waals surface area contributed by atoms with Crippen LogP contribution in [-0.2, 0) is 19.1 Å². The third kappa shape index (κ3) is 4.25. The highest BCUT2D eigenvalue weighted by Crippen LogP contribution is 2.47. The summed E-state index contributed by atoms with van der Waals surface area (Å²) in [5.74, 6) is -3.34. The van der Waals surface area contributed by atoms with Gasteiger partial charge in [0.2, 0.25) is 0 Å². The predicted octanol–water partition coefficient (Wildman–Crippen LogP) is 2.51. The van der Waals surface area contributed by atoms with Crippen molar-refractivity contribution in [3.05, 3.63) is 80.8 Å². The SMILES string of the molecule is COC(=O)C1=C(C(=O)OC)N(c2cc(OC)c(OC)cc2[N+](=O)[O-])C(N)=C(C#N)C1c1ccccc1. The average Bonchev–Trinajstić information content (AvgIpc) is 2.90. The summed E-state index contributed by atoms with van der Waals surface area (Å²) >= 11 is 0. The Morgan fingerprint density at radius 3 is 2.11 bits per heavy atom. The van der Waals surface area contributed by atoms with Gasteiger partial charge in [0.05, 0.1) is 62.6 Å². The average molecular weight is 494 g/mol. The molecule has 0 aliphatic carbocycles. The lowest BCUT2D eigenvalue weighted by Crippen LogP contribution is -2.41. The van der Waals surface area contributed by atoms with Gasteiger partial charge in [0.25, 0.3) is 5.69 Å². The second kappa shape index (κ2) is 10.5. The lowest BCUT2D eigenvalue weighted by Gasteiger charge is -2.35. The van der Waals surface area contributed by atoms with E-state index in [0.717, 1.165) is 25.2 Å². The molecular weight excluding hydrogens is 472 g/mol. The summed E-state index contributed by atoms with van der Waals surface area (Å²) in [6.07, 6.45) is 0. The quantitative estimate of drug-likeness (QED) is 0.341. The van der Waals surface area contributed by atoms with Crippen LogP contribution in [0.25, 0.3) is 0 Å². The maximum absolute atomic E-state index is 13.1. The summed E-state index contributed by atoms with van der Waals surface area (Å²) < 4.78 is 20.3. The van der Waals surface area contributed by atoms with Gasteiger partial charge in [-0.15, -0.1) is 0 Å². The van der Waals surface area contributed by atoms with Crippen molar-refractivity contribution in [2.45, 2.75) is 5.92 Å². The number of hydrogen-bond donors (Lipinski definition) is 1. The van der Waals surface area contributed by atoms with Gasteiger partial charge >= 0.3 is 11.9 Å². The predicted molar refractivity (Wildman–Crippen MR) is 126 cm³/mol. The summed E-state index contributed by atoms with van der Waals surface area (Å²) in [6.45, 7) is 0. The first-order valence-corrected chi connectivity index (χ1v) is 10.3. The minimum absolute atomic E-state index is 0.0342. The van der Waals surface area contributed by atoms with E-state index in [1.807, 2.05) is 6.07 Å². The molecule has 3 rings (SSSR count). The summed E-state index contributed by atoms with van der Waals surface area (Å²) in [6, 6.07) is 12.6. The number of nitro groups is 1. The van der Waals surface area contributed by atoms with Gasteiger partial charge in [0, 0.05) is 6.07 Å². The number of nitrogens with two attached hydrogens (primary N) is 1. The maximum Gasteiger partial charge on any atom is 0.355 e. The van der Waals surface area contributed by atoms with Gasteiger partial charge in [-0.2, -0.15) is 5.26 Å². The molecule has 0 saturated carbocycles. The summed E-state index contributed by atoms with van der Waals surface area (Å²) in [5.41, 5.74) is 5.17. The Balaban J connectivity index is 2.52. The second-order valence-electron chi connectivity index (χ2n) is 7.29. The van der Waals surface area contributed by atoms with E-state index < -0.39 is 34.2 Å². The molecule has 0 spiro atoms. The van der Waals surface area contributed by atoms with E-state index in [1.165, 1.54) is 20.3 Å². The molecule has 1 aliphatic heterocycles. The molecule has 0 saturated heterocycles. The highest BCUT2D eigenvalue weighted by atomic mass is 16.6. The van der Waals surface area contributed by atoms with E-state index in [4.69, 9.17) is 24.7 Å². The minimum atomic E-state index is -1.12. The number of benzene rings is 2. The molecule has 2 aromatic rings. The number of nitro benzene ring substituents is 1. The van der Waals surface area contributed by atoms with Crippen LogP contribution in [0.3, 0.4) is 0 Å². The molecule has 1 atom stereocenters. The van der Waals surface area contributed by atoms with Crippen molar-refractivity contribution in [3.8, 4) is 17.6 Å². The molecular formula is C24H22N4O8. The fraction of sp³-hybridized carbons (Fsp3) is 0.208. The molecule has 2 N–H and O–H groups in total. The lowest BCUT2D eigenvalue weighted by atomic mass is 9.81. The zero-order valence-electron chi connectivity index (χ0n) is 19.8. The number of esters is 2. The van der Waals surface area contributed by atoms with Crippen LogP contribution in [0.15, 0.2) is 65.1 Å². The Bertz CT molecular complexity index is 1330. The van der Waals surface area contributed by atoms with Crippen molar-refractivity contribution in [2.75, 3.05) is 33.3 Å². The largest absolute Gasteiger partial charge is 0.493 e. The van der Waals surface area contributed by atoms with Crippen molar-refractivity contribution >= 4 is 23.3 Å². The number of nitriles is 1. The number of carbonyl (C=O) groups is 2. The van der Waals surface area contributed by atoms with E-state index in [2.05, 4.69) is 0 Å². The van der Waals surface area contributed by atoms with Gasteiger partial charge in [-0.1, -0.05) is 30.3 Å². The molecule has 36 heavy (non-hydrogen) atoms. The molecule has 12 nitrogen and oxygen atoms in total. The summed E-state index contributed by atoms with van der Waals surface area (Å²) in [4.78, 5) is 38.5. The molecule has 0 bridgehead atoms. The highest BCUT2D eigenvalue weighted by Gasteiger charge is 2.44. The Morgan fingerprint density at radius 1 is 1.03 bits per heavy atom. The van der Waals surface area contributed by atoms with Crippen LogP contribution in [0.1, 0.15) is 11.5 Å². The summed E-state index contributed by atoms with van der Waals surface area (Å²) in [7, 11) is 4.78. The molecule has 0 fully saturated rings. The molecule has 1 heterocycles. The van der Waals surface area contributed by atoms with Crippen LogP contribution in [0.2, 0.25) is 0 Å². The number of nitrogens with zero attached hydrogens (tertiary/aromatic N) is 3. The van der Waals surface area contributed by atoms with Gasteiger partial charge in [-0.25, -0.2) is 9.59 Å². The topological polar surface area (TPSA) is 167 Å². The third-order valence-corrected chi connectivity index (χ3v) is 5.53. The number of rotatable bonds is 7. The Labute approximate surface area is 205 Å². The third-order valence-electron chi connectivity index (χ3n) is 5.53. The van der Waals surface area contributed by atoms with Gasteiger partial charge in [0.1, 0.15) is 17.2 Å². The van der Waals surface area contributed by atoms with Crippen LogP contribution in [-0.4, -0.2) is 45.3 Å². The standard InChI is InChI=1S/C24H22N4O8/c1-33-17-10-15(16(28(31)32)11-18(17)34-2)27-21(24(30)36-4)20(23(29)35-3)19(14(12-25)22(27)26)13-8-6-5-7-9-13/h5-11,19H,26H2,1-4H3. The smallest absolute Gasteiger partial charge is 0.355 e. The number of ether oxygens (including phenoxy) is 4. The van der Waals surface area contributed by atoms with Gasteiger partial charge in [0.15, 0.2) is 11.5 Å². The molecule has 186 valence electrons. The Kier molecular flexibility index (Phi) is 7.44. The Hall–Kier alpha value is -5.05. The number of carbonyl (C=O) groups excluding carboxylic acids is 2. The molecule has 0 radical (unpaired) electrons. The van der Waals surface area contributed by atoms with E-state index in [0.29, 0.717) is 5.56 Å². The van der Waals surface area contributed by atoms with Crippen LogP contribution in [0.5, 0.6) is 11.5 Å². The van der Waals surface area contributed by atoms with Crippen molar-refractivity contribution in [3.63, 3.8) is 0 Å². The molecule has 2 aromatic carbocycles. The summed E-state index contributed by atoms with van der Waals surface area (Å²) in [5, 5.41) is 22.1. The molecule has 1 aliphatic rings. The fourth-order valence-electron chi connectivity index (χ4n) is 3.95. The van der Waals surface area contributed by atoms with Crippen molar-refractivity contribution in [2.24, 2.45) is 5.73 Å². The van der Waals surface area contributed by atoms with Crippen molar-refractivity contribution in [1.82, 2.24) is 0 Å².